The lowest BCUT2D eigenvalue weighted by molar-refractivity contribution is 1.20. The number of thiophene rings is 1. The normalized spacial score (nSPS) is 15.2. The van der Waals surface area contributed by atoms with Gasteiger partial charge in [-0.3, -0.25) is 0 Å². The van der Waals surface area contributed by atoms with Gasteiger partial charge in [-0.25, -0.2) is 0 Å². The number of aromatic nitrogens is 2. The third-order valence-electron chi connectivity index (χ3n) is 3.17. The van der Waals surface area contributed by atoms with Crippen LogP contribution in [0.1, 0.15) is 0 Å². The predicted molar refractivity (Wildman–Crippen MR) is 91.3 cm³/mol. The van der Waals surface area contributed by atoms with Crippen LogP contribution in [0, 0.1) is 4.13 Å². The highest BCUT2D eigenvalue weighted by atomic mass is 32.2. The second-order valence-corrected chi connectivity index (χ2v) is 9.05. The molecule has 0 aliphatic carbocycles. The number of nitrogens with zero attached hydrogens (tertiary/aromatic N) is 2. The topological polar surface area (TPSA) is 25.8 Å². The van der Waals surface area contributed by atoms with Crippen molar-refractivity contribution in [3.63, 3.8) is 0 Å². The van der Waals surface area contributed by atoms with Crippen LogP contribution in [0.5, 0.6) is 0 Å². The van der Waals surface area contributed by atoms with E-state index in [0.29, 0.717) is 9.13 Å². The molecule has 1 aromatic carbocycles. The summed E-state index contributed by atoms with van der Waals surface area (Å²) in [5.41, 5.74) is 0.988. The van der Waals surface area contributed by atoms with Crippen LogP contribution in [0.25, 0.3) is 15.1 Å². The van der Waals surface area contributed by atoms with E-state index in [1.165, 1.54) is 17.3 Å². The van der Waals surface area contributed by atoms with E-state index in [1.54, 1.807) is 19.4 Å². The molecule has 0 atom stereocenters. The Morgan fingerprint density at radius 1 is 1.15 bits per heavy atom. The average molecular weight is 331 g/mol. The molecular weight excluding hydrogens is 320 g/mol. The Hall–Kier alpha value is -1.08. The highest BCUT2D eigenvalue weighted by molar-refractivity contribution is 8.08. The molecule has 2 aliphatic heterocycles. The summed E-state index contributed by atoms with van der Waals surface area (Å²) in [7, 11) is 0.472. The van der Waals surface area contributed by atoms with Crippen molar-refractivity contribution in [1.82, 2.24) is 9.59 Å². The fourth-order valence-corrected chi connectivity index (χ4v) is 7.31. The first-order valence-electron chi connectivity index (χ1n) is 6.22. The molecule has 0 spiro atoms. The van der Waals surface area contributed by atoms with Crippen LogP contribution in [-0.2, 0) is 0 Å². The van der Waals surface area contributed by atoms with Gasteiger partial charge in [-0.2, -0.15) is 0 Å². The fraction of sp³-hybridized carbons (Fsp3) is 0.0714. The van der Waals surface area contributed by atoms with Gasteiger partial charge in [0.2, 0.25) is 0 Å². The zero-order chi connectivity index (χ0) is 13.4. The van der Waals surface area contributed by atoms with Gasteiger partial charge in [-0.1, -0.05) is 22.7 Å². The van der Waals surface area contributed by atoms with Crippen molar-refractivity contribution in [3.05, 3.63) is 56.3 Å². The van der Waals surface area contributed by atoms with Crippen molar-refractivity contribution in [2.24, 2.45) is 0 Å². The number of benzene rings is 1. The third-order valence-corrected chi connectivity index (χ3v) is 8.08. The Bertz CT molecular complexity index is 893. The lowest BCUT2D eigenvalue weighted by atomic mass is 10.3. The number of rotatable bonds is 0. The largest absolute Gasteiger partial charge is 0.149 e. The summed E-state index contributed by atoms with van der Waals surface area (Å²) in [6, 6.07) is 10.2. The lowest BCUT2D eigenvalue weighted by Crippen LogP contribution is -1.94. The third kappa shape index (κ3) is 2.22. The Balaban J connectivity index is 0.000000108. The molecule has 3 aromatic rings. The molecule has 2 aromatic heterocycles. The maximum Gasteiger partial charge on any atom is 0.105 e. The van der Waals surface area contributed by atoms with E-state index in [9.17, 15) is 0 Å². The molecule has 98 valence electrons. The summed E-state index contributed by atoms with van der Waals surface area (Å²) in [6.45, 7) is 0. The van der Waals surface area contributed by atoms with Gasteiger partial charge in [-0.05, 0) is 40.3 Å². The van der Waals surface area contributed by atoms with E-state index < -0.39 is 0 Å². The maximum absolute atomic E-state index is 3.89. The highest BCUT2D eigenvalue weighted by Gasteiger charge is 2.15. The van der Waals surface area contributed by atoms with Gasteiger partial charge in [-0.15, -0.1) is 28.2 Å². The number of thioether (sulfide) groups is 1. The zero-order valence-corrected chi connectivity index (χ0v) is 14.0. The Kier molecular flexibility index (Phi) is 3.39. The van der Waals surface area contributed by atoms with Crippen molar-refractivity contribution in [2.75, 3.05) is 5.75 Å². The van der Waals surface area contributed by atoms with Gasteiger partial charge < -0.3 is 0 Å². The molecular formula is C14H10N2S3Si. The fourth-order valence-electron chi connectivity index (χ4n) is 2.24. The number of hydrogen-bond donors (Lipinski definition) is 0. The Labute approximate surface area is 130 Å². The van der Waals surface area contributed by atoms with E-state index in [1.807, 2.05) is 47.4 Å². The molecule has 4 heterocycles. The molecule has 0 amide bonds. The average Bonchev–Trinajstić information content (AvgIpc) is 3.21. The van der Waals surface area contributed by atoms with Crippen molar-refractivity contribution < 1.29 is 0 Å². The second-order valence-electron chi connectivity index (χ2n) is 4.38. The summed E-state index contributed by atoms with van der Waals surface area (Å²) < 4.78 is 6.59. The standard InChI is InChI=1S/C8H6S2Si.C6H4N2S/c1-3-10-8-5(1)7-6(11-8)2-4-9-7;1-2-4-6-5(3-1)7-8-9-6/h1-3,11H,4H2;1-4H. The van der Waals surface area contributed by atoms with Gasteiger partial charge in [0.25, 0.3) is 0 Å². The first-order chi connectivity index (χ1) is 9.92. The van der Waals surface area contributed by atoms with Crippen molar-refractivity contribution in [2.45, 2.75) is 0 Å². The lowest BCUT2D eigenvalue weighted by Gasteiger charge is -1.89. The summed E-state index contributed by atoms with van der Waals surface area (Å²) in [5, 5.41) is 9.33. The summed E-state index contributed by atoms with van der Waals surface area (Å²) >= 11 is 5.37. The molecule has 0 unspecified atom stereocenters. The van der Waals surface area contributed by atoms with E-state index in [-0.39, 0.29) is 0 Å². The van der Waals surface area contributed by atoms with Crippen LogP contribution in [0.15, 0.2) is 47.0 Å². The predicted octanol–water partition coefficient (Wildman–Crippen LogP) is 2.88. The summed E-state index contributed by atoms with van der Waals surface area (Å²) in [4.78, 5) is 1.59. The smallest absolute Gasteiger partial charge is 0.105 e. The first-order valence-corrected chi connectivity index (χ1v) is 10.0. The van der Waals surface area contributed by atoms with Gasteiger partial charge in [0.1, 0.15) is 5.52 Å². The molecule has 0 N–H and O–H groups in total. The van der Waals surface area contributed by atoms with Crippen molar-refractivity contribution >= 4 is 58.9 Å². The number of hydrogen-bond acceptors (Lipinski definition) is 5. The van der Waals surface area contributed by atoms with Crippen molar-refractivity contribution in [1.29, 1.82) is 0 Å². The van der Waals surface area contributed by atoms with Gasteiger partial charge in [0, 0.05) is 20.0 Å². The minimum atomic E-state index is 0.472. The second kappa shape index (κ2) is 5.36. The monoisotopic (exact) mass is 330 g/mol. The first kappa shape index (κ1) is 12.6. The summed E-state index contributed by atoms with van der Waals surface area (Å²) in [5.74, 6) is 1.22. The number of fused-ring (bicyclic) bond motifs is 3. The molecule has 0 fully saturated rings. The molecule has 0 saturated heterocycles. The van der Waals surface area contributed by atoms with E-state index in [0.717, 1.165) is 10.2 Å². The van der Waals surface area contributed by atoms with Gasteiger partial charge in [0.15, 0.2) is 0 Å². The van der Waals surface area contributed by atoms with Crippen LogP contribution < -0.4 is 5.22 Å². The van der Waals surface area contributed by atoms with Crippen molar-refractivity contribution in [3.8, 4) is 0 Å². The molecule has 5 rings (SSSR count). The van der Waals surface area contributed by atoms with Crippen LogP contribution >= 0.6 is 34.6 Å². The highest BCUT2D eigenvalue weighted by Crippen LogP contribution is 2.32. The molecule has 20 heavy (non-hydrogen) atoms. The molecule has 0 saturated carbocycles. The molecule has 2 nitrogen and oxygen atoms in total. The maximum atomic E-state index is 3.89. The quantitative estimate of drug-likeness (QED) is 0.593. The van der Waals surface area contributed by atoms with E-state index in [2.05, 4.69) is 27.1 Å². The molecule has 0 bridgehead atoms. The van der Waals surface area contributed by atoms with Gasteiger partial charge in [0.05, 0.1) is 13.8 Å². The minimum Gasteiger partial charge on any atom is -0.149 e. The zero-order valence-electron chi connectivity index (χ0n) is 10.4. The Morgan fingerprint density at radius 3 is 3.05 bits per heavy atom. The van der Waals surface area contributed by atoms with Crippen LogP contribution in [0.3, 0.4) is 0 Å². The molecule has 6 heteroatoms. The van der Waals surface area contributed by atoms with Crippen LogP contribution in [0.2, 0.25) is 0 Å². The molecule has 0 radical (unpaired) electrons. The van der Waals surface area contributed by atoms with Crippen LogP contribution in [0.4, 0.5) is 0 Å². The summed E-state index contributed by atoms with van der Waals surface area (Å²) in [6.07, 6.45) is 2.40. The molecule has 2 aliphatic rings. The Morgan fingerprint density at radius 2 is 2.10 bits per heavy atom. The van der Waals surface area contributed by atoms with Crippen LogP contribution in [-0.4, -0.2) is 24.5 Å². The van der Waals surface area contributed by atoms with E-state index >= 15 is 0 Å². The van der Waals surface area contributed by atoms with Gasteiger partial charge >= 0.3 is 0 Å². The van der Waals surface area contributed by atoms with E-state index in [4.69, 9.17) is 0 Å². The SMILES string of the molecule is C1=C2[SiH]=c3sccc3=C2SC1.c1ccc2snnc2c1. The minimum absolute atomic E-state index is 0.472.